The summed E-state index contributed by atoms with van der Waals surface area (Å²) in [4.78, 5) is 81.5. The maximum absolute atomic E-state index is 11.0. The molecule has 3 saturated heterocycles. The first-order chi connectivity index (χ1) is 40.8. The molecule has 31 nitrogen and oxygen atoms in total. The van der Waals surface area contributed by atoms with Crippen LogP contribution in [0.3, 0.4) is 0 Å². The van der Waals surface area contributed by atoms with Crippen molar-refractivity contribution in [2.24, 2.45) is 0 Å². The Labute approximate surface area is 507 Å². The number of phenols is 1. The van der Waals surface area contributed by atoms with E-state index in [2.05, 4.69) is 20.7 Å². The number of ether oxygens (including phenoxy) is 8. The molecule has 0 spiro atoms. The van der Waals surface area contributed by atoms with Crippen molar-refractivity contribution in [3.63, 3.8) is 0 Å². The minimum absolute atomic E-state index is 0.0163. The molecule has 3 aliphatic rings. The highest BCUT2D eigenvalue weighted by Gasteiger charge is 2.40. The number of phenolic OH excluding ortho intramolecular Hbond substituents is 1. The number of benzene rings is 3. The fourth-order valence-electron chi connectivity index (χ4n) is 7.11. The second kappa shape index (κ2) is 39.4. The molecule has 0 amide bonds. The lowest BCUT2D eigenvalue weighted by atomic mass is 10.1. The number of carbonyl (C=O) groups excluding carboxylic acids is 9. The Balaban J connectivity index is 0.00000114. The van der Waals surface area contributed by atoms with E-state index >= 15 is 0 Å². The maximum Gasteiger partial charge on any atom is 0.373 e. The van der Waals surface area contributed by atoms with Crippen LogP contribution in [0.15, 0.2) is 54.6 Å². The van der Waals surface area contributed by atoms with Gasteiger partial charge in [0.1, 0.15) is 79.8 Å². The topological polar surface area (TPSA) is 486 Å². The molecule has 3 aromatic carbocycles. The Kier molecular flexibility index (Phi) is 36.0. The van der Waals surface area contributed by atoms with E-state index in [0.29, 0.717) is 28.6 Å². The molecule has 6 rings (SSSR count). The quantitative estimate of drug-likeness (QED) is 0.0619. The summed E-state index contributed by atoms with van der Waals surface area (Å²) < 4.78 is 41.4. The number of aliphatic hydroxyl groups is 10. The van der Waals surface area contributed by atoms with Gasteiger partial charge >= 0.3 is 36.4 Å². The lowest BCUT2D eigenvalue weighted by Crippen LogP contribution is -2.54. The van der Waals surface area contributed by atoms with Gasteiger partial charge < -0.3 is 110 Å². The molecule has 31 heteroatoms. The molecule has 88 heavy (non-hydrogen) atoms. The van der Waals surface area contributed by atoms with Crippen molar-refractivity contribution in [1.82, 2.24) is 0 Å². The molecule has 494 valence electrons. The van der Waals surface area contributed by atoms with Crippen molar-refractivity contribution in [2.45, 2.75) is 200 Å². The molecule has 14 N–H and O–H groups in total. The number of aliphatic hydroxyl groups excluding tert-OH is 10. The lowest BCUT2D eigenvalue weighted by molar-refractivity contribution is -0.285. The van der Waals surface area contributed by atoms with E-state index in [1.54, 1.807) is 54.6 Å². The molecule has 3 fully saturated rings. The minimum Gasteiger partial charge on any atom is -0.506 e. The molecule has 12 unspecified atom stereocenters. The molecule has 0 aliphatic carbocycles. The van der Waals surface area contributed by atoms with Crippen molar-refractivity contribution < 1.29 is 137 Å². The molecule has 0 saturated carbocycles. The van der Waals surface area contributed by atoms with Crippen LogP contribution in [0.25, 0.3) is 0 Å². The third kappa shape index (κ3) is 33.0. The summed E-state index contributed by atoms with van der Waals surface area (Å²) in [6.45, 7) is 22.1. The summed E-state index contributed by atoms with van der Waals surface area (Å²) >= 11 is 0. The second-order valence-corrected chi connectivity index (χ2v) is 22.2. The van der Waals surface area contributed by atoms with E-state index in [1.165, 1.54) is 20.8 Å². The highest BCUT2D eigenvalue weighted by molar-refractivity contribution is 5.67. The first-order valence-corrected chi connectivity index (χ1v) is 26.6. The van der Waals surface area contributed by atoms with E-state index in [9.17, 15) is 50.1 Å². The van der Waals surface area contributed by atoms with Gasteiger partial charge in [-0.1, -0.05) is 18.2 Å². The minimum atomic E-state index is -1.52. The smallest absolute Gasteiger partial charge is 0.373 e. The fraction of sp³-hybridized carbons (Fsp3) is 0.579. The van der Waals surface area contributed by atoms with Crippen LogP contribution in [-0.4, -0.2) is 196 Å². The van der Waals surface area contributed by atoms with Crippen LogP contribution in [-0.2, 0) is 91.4 Å². The largest absolute Gasteiger partial charge is 0.506 e. The molecule has 3 aromatic rings. The zero-order valence-electron chi connectivity index (χ0n) is 50.7. The number of anilines is 3. The normalized spacial score (nSPS) is 23.5. The Morgan fingerprint density at radius 2 is 0.830 bits per heavy atom. The summed E-state index contributed by atoms with van der Waals surface area (Å²) in [5.41, 5.74) is 3.61. The van der Waals surface area contributed by atoms with E-state index in [-0.39, 0.29) is 98.2 Å². The van der Waals surface area contributed by atoms with Crippen LogP contribution < -0.4 is 25.4 Å². The van der Waals surface area contributed by atoms with Crippen LogP contribution in [0.2, 0.25) is 0 Å². The number of esters is 3. The highest BCUT2D eigenvalue weighted by atomic mass is 16.7. The van der Waals surface area contributed by atoms with Crippen molar-refractivity contribution in [1.29, 1.82) is 0 Å². The Bertz CT molecular complexity index is 2640. The summed E-state index contributed by atoms with van der Waals surface area (Å²) in [6, 6.07) is 15.5. The molecular weight excluding hydrogens is 1170 g/mol. The van der Waals surface area contributed by atoms with Crippen molar-refractivity contribution in [3.8, 4) is 17.2 Å². The van der Waals surface area contributed by atoms with Crippen molar-refractivity contribution in [2.75, 3.05) is 29.2 Å². The summed E-state index contributed by atoms with van der Waals surface area (Å²) in [5, 5.41) is 113. The number of hydrogen-bond donors (Lipinski definition) is 14. The van der Waals surface area contributed by atoms with Crippen LogP contribution in [0.1, 0.15) is 106 Å². The van der Waals surface area contributed by atoms with Gasteiger partial charge in [0.2, 0.25) is 12.6 Å². The number of aromatic hydroxyl groups is 1. The van der Waals surface area contributed by atoms with Gasteiger partial charge in [-0.05, 0) is 115 Å². The van der Waals surface area contributed by atoms with Gasteiger partial charge in [-0.15, -0.1) is 0 Å². The van der Waals surface area contributed by atoms with Gasteiger partial charge in [-0.3, -0.25) is 14.4 Å². The molecule has 3 heterocycles. The van der Waals surface area contributed by atoms with Crippen LogP contribution in [0, 0.1) is 0 Å². The Hall–Kier alpha value is -7.51. The van der Waals surface area contributed by atoms with Crippen molar-refractivity contribution in [3.05, 3.63) is 71.3 Å². The van der Waals surface area contributed by atoms with E-state index in [4.69, 9.17) is 82.4 Å². The number of carbonyl (C=O) groups is 3. The van der Waals surface area contributed by atoms with Crippen LogP contribution in [0.4, 0.5) is 17.1 Å². The Morgan fingerprint density at radius 3 is 1.20 bits per heavy atom. The zero-order chi connectivity index (χ0) is 67.9. The van der Waals surface area contributed by atoms with E-state index in [0.717, 1.165) is 16.7 Å². The molecular formula is C57H83N3O28. The van der Waals surface area contributed by atoms with Gasteiger partial charge in [-0.2, -0.15) is 28.8 Å². The number of nitrogens with one attached hydrogen (secondary N) is 3. The van der Waals surface area contributed by atoms with Crippen LogP contribution >= 0.6 is 0 Å². The van der Waals surface area contributed by atoms with Gasteiger partial charge in [0.15, 0.2) is 12.6 Å². The molecule has 0 bridgehead atoms. The summed E-state index contributed by atoms with van der Waals surface area (Å²) in [7, 11) is 0. The highest BCUT2D eigenvalue weighted by Crippen LogP contribution is 2.34. The van der Waals surface area contributed by atoms with Gasteiger partial charge in [0, 0.05) is 43.8 Å². The molecule has 0 aromatic heterocycles. The Morgan fingerprint density at radius 1 is 0.477 bits per heavy atom. The van der Waals surface area contributed by atoms with E-state index in [1.807, 2.05) is 62.3 Å². The second-order valence-electron chi connectivity index (χ2n) is 22.2. The van der Waals surface area contributed by atoms with Gasteiger partial charge in [0.25, 0.3) is 0 Å². The van der Waals surface area contributed by atoms with E-state index < -0.39 is 74.0 Å². The number of rotatable bonds is 13. The lowest BCUT2D eigenvalue weighted by Gasteiger charge is -2.35. The molecule has 12 atom stereocenters. The molecule has 3 aliphatic heterocycles. The van der Waals surface area contributed by atoms with Crippen molar-refractivity contribution >= 4 is 53.4 Å². The maximum atomic E-state index is 11.0. The number of hydrogen-bond acceptors (Lipinski definition) is 31. The first-order valence-electron chi connectivity index (χ1n) is 26.6. The third-order valence-corrected chi connectivity index (χ3v) is 10.8. The molecule has 0 radical (unpaired) electrons. The standard InChI is InChI=1S/2C18H27NO7.C13H19NO3.C5H10O5.3CO2/c1-10(20)24-9-11-5-6-14(12(7-11)19-18(2,3)4)25-15-8-13(21)16(22)17(23)26-15;1-10(20)24-8-11-5-6-14(12(7-11)19-18(2,3)4)26-17-16(23)15(22)13(21)9-25-17;1-9(15)17-8-10-5-6-12(16)11(7-10)14-13(2,3)4;6-2-1-10-5(9)4(8)3(2)7;3*2-1-3/h2*5-7,13,15-17,19,21-23H,8-9H2,1-4H3;5-7,14,16H,8H2,1-4H3;2-9H,1H2;;;. The van der Waals surface area contributed by atoms with Crippen LogP contribution in [0.5, 0.6) is 17.2 Å². The van der Waals surface area contributed by atoms with Gasteiger partial charge in [0.05, 0.1) is 36.4 Å². The average molecular weight is 1260 g/mol. The predicted molar refractivity (Wildman–Crippen MR) is 299 cm³/mol. The zero-order valence-corrected chi connectivity index (χ0v) is 50.7. The fourth-order valence-corrected chi connectivity index (χ4v) is 7.11. The summed E-state index contributed by atoms with van der Waals surface area (Å²) in [5.74, 6) is -0.0175. The summed E-state index contributed by atoms with van der Waals surface area (Å²) in [6.07, 6.45) is -14.4. The average Bonchev–Trinajstić information content (AvgIpc) is 3.33. The third-order valence-electron chi connectivity index (χ3n) is 10.8. The first kappa shape index (κ1) is 80.5. The SMILES string of the molecule is CC(=O)OCc1ccc(O)c(NC(C)(C)C)c1.CC(=O)OCc1ccc(OC2CC(O)C(O)C(O)O2)c(NC(C)(C)C)c1.CC(=O)OCc1ccc(OC2OCC(O)C(O)C2O)c(NC(C)(C)C)c1.O=C=O.O=C=O.O=C=O.OC1COC(O)C(O)C1O. The van der Waals surface area contributed by atoms with Gasteiger partial charge in [-0.25, -0.2) is 0 Å². The predicted octanol–water partition coefficient (Wildman–Crippen LogP) is 0.236. The monoisotopic (exact) mass is 1260 g/mol.